The predicted octanol–water partition coefficient (Wildman–Crippen LogP) is 9.73. The van der Waals surface area contributed by atoms with Gasteiger partial charge in [0.25, 0.3) is 0 Å². The molecule has 0 fully saturated rings. The Morgan fingerprint density at radius 1 is 0.353 bits per heavy atom. The van der Waals surface area contributed by atoms with E-state index in [-0.39, 0.29) is 0 Å². The van der Waals surface area contributed by atoms with Gasteiger partial charge in [-0.15, -0.1) is 0 Å². The third-order valence-corrected chi connectivity index (χ3v) is 15.4. The van der Waals surface area contributed by atoms with Crippen LogP contribution in [-0.4, -0.2) is 12.6 Å². The lowest BCUT2D eigenvalue weighted by molar-refractivity contribution is 0.669. The van der Waals surface area contributed by atoms with Crippen LogP contribution in [0.25, 0.3) is 60.6 Å². The summed E-state index contributed by atoms with van der Waals surface area (Å²) in [5.74, 6) is 0. The smallest absolute Gasteiger partial charge is 0.181 e. The minimum atomic E-state index is -3.05. The first-order valence-electron chi connectivity index (χ1n) is 17.5. The summed E-state index contributed by atoms with van der Waals surface area (Å²) >= 11 is 0. The second-order valence-electron chi connectivity index (χ2n) is 13.2. The van der Waals surface area contributed by atoms with E-state index in [0.717, 1.165) is 22.2 Å². The number of fused-ring (bicyclic) bond motifs is 6. The van der Waals surface area contributed by atoms with Crippen LogP contribution in [-0.2, 0) is 0 Å². The van der Waals surface area contributed by atoms with Gasteiger partial charge in [-0.2, -0.15) is 0 Å². The molecule has 51 heavy (non-hydrogen) atoms. The summed E-state index contributed by atoms with van der Waals surface area (Å²) in [5, 5.41) is 10.2. The van der Waals surface area contributed by atoms with Gasteiger partial charge in [0.2, 0.25) is 0 Å². The van der Waals surface area contributed by atoms with Crippen LogP contribution >= 0.6 is 0 Å². The molecule has 3 heteroatoms. The van der Waals surface area contributed by atoms with Crippen molar-refractivity contribution >= 4 is 72.6 Å². The van der Waals surface area contributed by atoms with Gasteiger partial charge in [0.15, 0.2) is 8.07 Å². The fourth-order valence-corrected chi connectivity index (χ4v) is 13.7. The molecule has 2 heterocycles. The summed E-state index contributed by atoms with van der Waals surface area (Å²) in [6.45, 7) is 0. The zero-order chi connectivity index (χ0) is 33.8. The molecular weight excluding hydrogens is 635 g/mol. The first kappa shape index (κ1) is 29.5. The highest BCUT2D eigenvalue weighted by atomic mass is 28.3. The SMILES string of the molecule is c1ccc(-n2c3ccccc3c3c(-c4ccccc4[Si](c4ccccc4)(c4ccccc4)c4cccc5oc6ccccc6c45)cccc32)cc1. The highest BCUT2D eigenvalue weighted by molar-refractivity contribution is 7.21. The number of aromatic nitrogens is 1. The number of hydrogen-bond acceptors (Lipinski definition) is 1. The molecule has 0 aliphatic heterocycles. The van der Waals surface area contributed by atoms with E-state index in [2.05, 4.69) is 205 Å². The molecule has 10 rings (SSSR count). The molecular formula is C48H33NOSi. The van der Waals surface area contributed by atoms with E-state index in [9.17, 15) is 0 Å². The van der Waals surface area contributed by atoms with Crippen molar-refractivity contribution in [3.63, 3.8) is 0 Å². The van der Waals surface area contributed by atoms with Crippen molar-refractivity contribution in [3.05, 3.63) is 200 Å². The molecule has 2 aromatic heterocycles. The van der Waals surface area contributed by atoms with Crippen molar-refractivity contribution in [2.75, 3.05) is 0 Å². The molecule has 0 saturated heterocycles. The largest absolute Gasteiger partial charge is 0.456 e. The van der Waals surface area contributed by atoms with Gasteiger partial charge in [0.1, 0.15) is 11.2 Å². The summed E-state index contributed by atoms with van der Waals surface area (Å²) in [6.07, 6.45) is 0. The number of furan rings is 1. The molecule has 0 aliphatic rings. The summed E-state index contributed by atoms with van der Waals surface area (Å²) in [4.78, 5) is 0. The van der Waals surface area contributed by atoms with E-state index in [1.165, 1.54) is 59.1 Å². The van der Waals surface area contributed by atoms with Crippen LogP contribution in [0.1, 0.15) is 0 Å². The zero-order valence-corrected chi connectivity index (χ0v) is 28.9. The Bertz CT molecular complexity index is 2810. The number of hydrogen-bond donors (Lipinski definition) is 0. The van der Waals surface area contributed by atoms with Crippen LogP contribution in [0, 0.1) is 0 Å². The van der Waals surface area contributed by atoms with Gasteiger partial charge in [-0.25, -0.2) is 0 Å². The third kappa shape index (κ3) is 4.42. The topological polar surface area (TPSA) is 18.1 Å². The molecule has 0 aliphatic carbocycles. The van der Waals surface area contributed by atoms with Crippen molar-refractivity contribution in [2.45, 2.75) is 0 Å². The predicted molar refractivity (Wildman–Crippen MR) is 217 cm³/mol. The molecule has 0 amide bonds. The van der Waals surface area contributed by atoms with Crippen LogP contribution in [0.3, 0.4) is 0 Å². The fraction of sp³-hybridized carbons (Fsp3) is 0. The highest BCUT2D eigenvalue weighted by Crippen LogP contribution is 2.39. The van der Waals surface area contributed by atoms with E-state index >= 15 is 0 Å². The van der Waals surface area contributed by atoms with Crippen molar-refractivity contribution in [1.29, 1.82) is 0 Å². The molecule has 240 valence electrons. The Kier molecular flexibility index (Phi) is 6.86. The van der Waals surface area contributed by atoms with Crippen LogP contribution in [0.15, 0.2) is 205 Å². The summed E-state index contributed by atoms with van der Waals surface area (Å²) in [6, 6.07) is 73.2. The Hall–Kier alpha value is -6.42. The molecule has 0 saturated carbocycles. The average Bonchev–Trinajstić information content (AvgIpc) is 3.76. The fourth-order valence-electron chi connectivity index (χ4n) is 8.54. The van der Waals surface area contributed by atoms with Gasteiger partial charge in [-0.05, 0) is 68.3 Å². The second kappa shape index (κ2) is 11.9. The first-order chi connectivity index (χ1) is 25.3. The normalized spacial score (nSPS) is 11.9. The number of rotatable bonds is 6. The first-order valence-corrected chi connectivity index (χ1v) is 19.5. The maximum atomic E-state index is 6.58. The maximum Gasteiger partial charge on any atom is 0.181 e. The maximum absolute atomic E-state index is 6.58. The van der Waals surface area contributed by atoms with Gasteiger partial charge in [0.05, 0.1) is 11.0 Å². The van der Waals surface area contributed by atoms with Crippen molar-refractivity contribution < 1.29 is 4.42 Å². The Balaban J connectivity index is 1.38. The lowest BCUT2D eigenvalue weighted by atomic mass is 9.99. The average molecular weight is 668 g/mol. The molecule has 0 bridgehead atoms. The number of nitrogens with zero attached hydrogens (tertiary/aromatic N) is 1. The van der Waals surface area contributed by atoms with Gasteiger partial charge in [-0.3, -0.25) is 0 Å². The second-order valence-corrected chi connectivity index (χ2v) is 16.9. The number of para-hydroxylation sites is 3. The van der Waals surface area contributed by atoms with Gasteiger partial charge < -0.3 is 8.98 Å². The van der Waals surface area contributed by atoms with E-state index in [4.69, 9.17) is 4.42 Å². The molecule has 8 aromatic carbocycles. The van der Waals surface area contributed by atoms with Crippen molar-refractivity contribution in [1.82, 2.24) is 4.57 Å². The van der Waals surface area contributed by atoms with Crippen molar-refractivity contribution in [2.24, 2.45) is 0 Å². The van der Waals surface area contributed by atoms with Crippen molar-refractivity contribution in [3.8, 4) is 16.8 Å². The summed E-state index contributed by atoms with van der Waals surface area (Å²) in [5.41, 5.74) is 7.88. The molecule has 0 atom stereocenters. The monoisotopic (exact) mass is 667 g/mol. The van der Waals surface area contributed by atoms with Crippen LogP contribution in [0.5, 0.6) is 0 Å². The van der Waals surface area contributed by atoms with E-state index < -0.39 is 8.07 Å². The summed E-state index contributed by atoms with van der Waals surface area (Å²) in [7, 11) is -3.05. The quantitative estimate of drug-likeness (QED) is 0.128. The van der Waals surface area contributed by atoms with E-state index in [0.29, 0.717) is 0 Å². The van der Waals surface area contributed by atoms with E-state index in [1.807, 2.05) is 0 Å². The Morgan fingerprint density at radius 2 is 0.882 bits per heavy atom. The molecule has 0 spiro atoms. The van der Waals surface area contributed by atoms with Gasteiger partial charge in [0, 0.05) is 27.2 Å². The van der Waals surface area contributed by atoms with Gasteiger partial charge >= 0.3 is 0 Å². The minimum absolute atomic E-state index is 0.913. The molecule has 0 unspecified atom stereocenters. The number of benzene rings is 8. The van der Waals surface area contributed by atoms with Gasteiger partial charge in [-0.1, -0.05) is 164 Å². The van der Waals surface area contributed by atoms with Crippen LogP contribution in [0.2, 0.25) is 0 Å². The molecule has 0 radical (unpaired) electrons. The summed E-state index contributed by atoms with van der Waals surface area (Å²) < 4.78 is 8.99. The minimum Gasteiger partial charge on any atom is -0.456 e. The van der Waals surface area contributed by atoms with Crippen LogP contribution in [0.4, 0.5) is 0 Å². The third-order valence-electron chi connectivity index (χ3n) is 10.6. The Labute approximate surface area is 297 Å². The lowest BCUT2D eigenvalue weighted by Crippen LogP contribution is -2.75. The highest BCUT2D eigenvalue weighted by Gasteiger charge is 2.44. The molecule has 0 N–H and O–H groups in total. The Morgan fingerprint density at radius 3 is 1.65 bits per heavy atom. The molecule has 10 aromatic rings. The van der Waals surface area contributed by atoms with Crippen LogP contribution < -0.4 is 20.7 Å². The molecule has 2 nitrogen and oxygen atoms in total. The lowest BCUT2D eigenvalue weighted by Gasteiger charge is -2.36. The van der Waals surface area contributed by atoms with E-state index in [1.54, 1.807) is 0 Å². The standard InChI is InChI=1S/C48H33NOSi/c1-4-18-34(19-5-1)49-41-28-13-10-25-39(41)47-38(27-16-29-42(47)49)37-24-12-15-32-45(37)51(35-20-6-2-7-21-35,36-22-8-3-9-23-36)46-33-17-31-44-48(46)40-26-11-14-30-43(40)50-44/h1-33H. The zero-order valence-electron chi connectivity index (χ0n) is 27.9.